The van der Waals surface area contributed by atoms with Crippen molar-refractivity contribution < 1.29 is 10.5 Å². The second-order valence-electron chi connectivity index (χ2n) is 4.45. The molecule has 2 rings (SSSR count). The maximum absolute atomic E-state index is 11.5. The van der Waals surface area contributed by atoms with Crippen LogP contribution in [0.4, 0.5) is 5.69 Å². The second-order valence-corrected chi connectivity index (χ2v) is 4.45. The number of anilines is 1. The summed E-state index contributed by atoms with van der Waals surface area (Å²) in [5.41, 5.74) is 6.17. The van der Waals surface area contributed by atoms with Crippen molar-refractivity contribution >= 4 is 11.6 Å². The van der Waals surface area contributed by atoms with Crippen molar-refractivity contribution in [3.63, 3.8) is 0 Å². The van der Waals surface area contributed by atoms with Gasteiger partial charge in [-0.05, 0) is 19.1 Å². The van der Waals surface area contributed by atoms with Gasteiger partial charge in [-0.1, -0.05) is 17.7 Å². The standard InChI is InChI=1S/C13H19N3O/c1-11-2-4-12(5-3-11)15-6-8-16(9-7-15)13(17)10-14/h2-5H,6-10,14H2,1H3/p+1. The van der Waals surface area contributed by atoms with Crippen LogP contribution in [0.2, 0.25) is 0 Å². The predicted octanol–water partition coefficient (Wildman–Crippen LogP) is -0.114. The van der Waals surface area contributed by atoms with Gasteiger partial charge in [0.2, 0.25) is 0 Å². The second kappa shape index (κ2) is 5.19. The van der Waals surface area contributed by atoms with Crippen molar-refractivity contribution in [3.05, 3.63) is 29.8 Å². The van der Waals surface area contributed by atoms with E-state index in [2.05, 4.69) is 41.8 Å². The summed E-state index contributed by atoms with van der Waals surface area (Å²) in [6.07, 6.45) is 0. The topological polar surface area (TPSA) is 51.2 Å². The first-order valence-electron chi connectivity index (χ1n) is 6.09. The first-order chi connectivity index (χ1) is 8.20. The molecular formula is C13H20N3O+. The minimum Gasteiger partial charge on any atom is -0.368 e. The van der Waals surface area contributed by atoms with E-state index in [0.29, 0.717) is 6.54 Å². The summed E-state index contributed by atoms with van der Waals surface area (Å²) >= 11 is 0. The molecule has 1 fully saturated rings. The fourth-order valence-electron chi connectivity index (χ4n) is 2.13. The summed E-state index contributed by atoms with van der Waals surface area (Å²) in [6, 6.07) is 8.55. The summed E-state index contributed by atoms with van der Waals surface area (Å²) < 4.78 is 0. The van der Waals surface area contributed by atoms with Gasteiger partial charge in [-0.15, -0.1) is 0 Å². The molecule has 0 aliphatic carbocycles. The van der Waals surface area contributed by atoms with Crippen LogP contribution in [-0.4, -0.2) is 43.5 Å². The maximum atomic E-state index is 11.5. The van der Waals surface area contributed by atoms with Crippen LogP contribution >= 0.6 is 0 Å². The molecule has 0 saturated carbocycles. The van der Waals surface area contributed by atoms with Gasteiger partial charge in [0.15, 0.2) is 6.54 Å². The van der Waals surface area contributed by atoms with Crippen molar-refractivity contribution in [1.82, 2.24) is 4.90 Å². The van der Waals surface area contributed by atoms with Gasteiger partial charge >= 0.3 is 0 Å². The number of amides is 1. The molecular weight excluding hydrogens is 214 g/mol. The molecule has 3 N–H and O–H groups in total. The van der Waals surface area contributed by atoms with Crippen LogP contribution in [0, 0.1) is 6.92 Å². The molecule has 4 nitrogen and oxygen atoms in total. The van der Waals surface area contributed by atoms with Crippen LogP contribution in [0.15, 0.2) is 24.3 Å². The van der Waals surface area contributed by atoms with Crippen LogP contribution in [0.1, 0.15) is 5.56 Å². The Balaban J connectivity index is 1.95. The molecule has 1 heterocycles. The molecule has 1 aromatic carbocycles. The van der Waals surface area contributed by atoms with E-state index in [1.807, 2.05) is 4.90 Å². The largest absolute Gasteiger partial charge is 0.368 e. The van der Waals surface area contributed by atoms with Crippen LogP contribution in [0.25, 0.3) is 0 Å². The average molecular weight is 234 g/mol. The summed E-state index contributed by atoms with van der Waals surface area (Å²) in [5, 5.41) is 0. The van der Waals surface area contributed by atoms with Crippen molar-refractivity contribution in [2.75, 3.05) is 37.6 Å². The van der Waals surface area contributed by atoms with Gasteiger partial charge in [-0.3, -0.25) is 4.79 Å². The van der Waals surface area contributed by atoms with Gasteiger partial charge in [0.1, 0.15) is 0 Å². The van der Waals surface area contributed by atoms with Crippen molar-refractivity contribution in [2.45, 2.75) is 6.92 Å². The number of hydrogen-bond acceptors (Lipinski definition) is 2. The van der Waals surface area contributed by atoms with E-state index < -0.39 is 0 Å². The molecule has 0 atom stereocenters. The average Bonchev–Trinajstić information content (AvgIpc) is 2.39. The molecule has 17 heavy (non-hydrogen) atoms. The highest BCUT2D eigenvalue weighted by Crippen LogP contribution is 2.16. The number of aryl methyl sites for hydroxylation is 1. The molecule has 1 amide bonds. The number of carbonyl (C=O) groups excluding carboxylic acids is 1. The number of piperazine rings is 1. The Labute approximate surface area is 102 Å². The molecule has 1 aliphatic rings. The number of quaternary nitrogens is 1. The predicted molar refractivity (Wildman–Crippen MR) is 67.7 cm³/mol. The van der Waals surface area contributed by atoms with Gasteiger partial charge in [-0.2, -0.15) is 0 Å². The van der Waals surface area contributed by atoms with Crippen molar-refractivity contribution in [2.24, 2.45) is 0 Å². The Morgan fingerprint density at radius 2 is 1.76 bits per heavy atom. The van der Waals surface area contributed by atoms with Crippen molar-refractivity contribution in [3.8, 4) is 0 Å². The molecule has 1 aromatic rings. The zero-order valence-corrected chi connectivity index (χ0v) is 10.4. The summed E-state index contributed by atoms with van der Waals surface area (Å²) in [5.74, 6) is 0.161. The van der Waals surface area contributed by atoms with Crippen LogP contribution in [0.5, 0.6) is 0 Å². The Bertz CT molecular complexity index is 380. The van der Waals surface area contributed by atoms with E-state index in [-0.39, 0.29) is 5.91 Å². The lowest BCUT2D eigenvalue weighted by Crippen LogP contribution is -2.60. The van der Waals surface area contributed by atoms with Crippen LogP contribution < -0.4 is 10.6 Å². The first-order valence-corrected chi connectivity index (χ1v) is 6.09. The quantitative estimate of drug-likeness (QED) is 0.776. The van der Waals surface area contributed by atoms with E-state index >= 15 is 0 Å². The Morgan fingerprint density at radius 1 is 1.18 bits per heavy atom. The highest BCUT2D eigenvalue weighted by Gasteiger charge is 2.20. The van der Waals surface area contributed by atoms with E-state index in [9.17, 15) is 4.79 Å². The Kier molecular flexibility index (Phi) is 3.64. The van der Waals surface area contributed by atoms with E-state index in [4.69, 9.17) is 0 Å². The maximum Gasteiger partial charge on any atom is 0.277 e. The van der Waals surface area contributed by atoms with Gasteiger partial charge in [-0.25, -0.2) is 0 Å². The van der Waals surface area contributed by atoms with Gasteiger partial charge in [0.05, 0.1) is 0 Å². The Morgan fingerprint density at radius 3 is 2.29 bits per heavy atom. The Hall–Kier alpha value is -1.55. The molecule has 1 aliphatic heterocycles. The lowest BCUT2D eigenvalue weighted by Gasteiger charge is -2.35. The SMILES string of the molecule is Cc1ccc(N2CCN(C(=O)C[NH3+])CC2)cc1. The van der Waals surface area contributed by atoms with Crippen molar-refractivity contribution in [1.29, 1.82) is 0 Å². The van der Waals surface area contributed by atoms with E-state index in [1.165, 1.54) is 11.3 Å². The van der Waals surface area contributed by atoms with Gasteiger partial charge < -0.3 is 15.5 Å². The molecule has 0 bridgehead atoms. The third-order valence-electron chi connectivity index (χ3n) is 3.25. The first kappa shape index (κ1) is 11.9. The molecule has 1 saturated heterocycles. The zero-order valence-electron chi connectivity index (χ0n) is 10.4. The minimum atomic E-state index is 0.161. The van der Waals surface area contributed by atoms with Gasteiger partial charge in [0, 0.05) is 31.9 Å². The van der Waals surface area contributed by atoms with Crippen LogP contribution in [-0.2, 0) is 4.79 Å². The monoisotopic (exact) mass is 234 g/mol. The molecule has 92 valence electrons. The number of nitrogens with zero attached hydrogens (tertiary/aromatic N) is 2. The zero-order chi connectivity index (χ0) is 12.3. The fourth-order valence-corrected chi connectivity index (χ4v) is 2.13. The summed E-state index contributed by atoms with van der Waals surface area (Å²) in [7, 11) is 0. The summed E-state index contributed by atoms with van der Waals surface area (Å²) in [6.45, 7) is 5.90. The number of rotatable bonds is 2. The number of carbonyl (C=O) groups is 1. The smallest absolute Gasteiger partial charge is 0.277 e. The summed E-state index contributed by atoms with van der Waals surface area (Å²) in [4.78, 5) is 15.7. The molecule has 0 aromatic heterocycles. The third-order valence-corrected chi connectivity index (χ3v) is 3.25. The lowest BCUT2D eigenvalue weighted by atomic mass is 10.2. The van der Waals surface area contributed by atoms with E-state index in [0.717, 1.165) is 26.2 Å². The number of benzene rings is 1. The lowest BCUT2D eigenvalue weighted by molar-refractivity contribution is -0.357. The normalized spacial score (nSPS) is 16.1. The minimum absolute atomic E-state index is 0.161. The highest BCUT2D eigenvalue weighted by atomic mass is 16.2. The molecule has 4 heteroatoms. The molecule has 0 spiro atoms. The highest BCUT2D eigenvalue weighted by molar-refractivity contribution is 5.77. The fraction of sp³-hybridized carbons (Fsp3) is 0.462. The number of hydrogen-bond donors (Lipinski definition) is 1. The third kappa shape index (κ3) is 2.77. The van der Waals surface area contributed by atoms with Crippen LogP contribution in [0.3, 0.4) is 0 Å². The van der Waals surface area contributed by atoms with Gasteiger partial charge in [0.25, 0.3) is 5.91 Å². The molecule has 0 unspecified atom stereocenters. The molecule has 0 radical (unpaired) electrons. The van der Waals surface area contributed by atoms with E-state index in [1.54, 1.807) is 0 Å².